The van der Waals surface area contributed by atoms with Gasteiger partial charge in [0.2, 0.25) is 0 Å². The van der Waals surface area contributed by atoms with Crippen LogP contribution in [0.1, 0.15) is 219 Å². The second kappa shape index (κ2) is 37.3. The first-order chi connectivity index (χ1) is 25.6. The summed E-state index contributed by atoms with van der Waals surface area (Å²) in [5.74, 6) is -1.72. The molecule has 0 aromatic rings. The number of hydrogen-bond acceptors (Lipinski definition) is 7. The number of carboxylic acids is 1. The van der Waals surface area contributed by atoms with Gasteiger partial charge < -0.3 is 28.6 Å². The normalized spacial score (nSPS) is 12.8. The summed E-state index contributed by atoms with van der Waals surface area (Å²) in [5, 5.41) is 11.6. The van der Waals surface area contributed by atoms with Gasteiger partial charge in [-0.1, -0.05) is 187 Å². The Balaban J connectivity index is 4.19. The minimum absolute atomic E-state index is 0.0488. The van der Waals surface area contributed by atoms with Gasteiger partial charge >= 0.3 is 11.9 Å². The number of esters is 2. The highest BCUT2D eigenvalue weighted by atomic mass is 16.6. The van der Waals surface area contributed by atoms with Crippen LogP contribution in [0.4, 0.5) is 0 Å². The molecule has 0 aromatic heterocycles. The molecule has 2 atom stereocenters. The highest BCUT2D eigenvalue weighted by Gasteiger charge is 2.25. The van der Waals surface area contributed by atoms with E-state index in [0.29, 0.717) is 12.8 Å². The maximum atomic E-state index is 12.6. The Bertz CT molecular complexity index is 843. The van der Waals surface area contributed by atoms with Crippen molar-refractivity contribution in [1.82, 2.24) is 0 Å². The number of ether oxygens (including phenoxy) is 3. The minimum atomic E-state index is -1.12. The zero-order valence-electron chi connectivity index (χ0n) is 35.7. The molecule has 53 heavy (non-hydrogen) atoms. The maximum absolute atomic E-state index is 12.6. The monoisotopic (exact) mass is 754 g/mol. The summed E-state index contributed by atoms with van der Waals surface area (Å²) >= 11 is 0. The predicted molar refractivity (Wildman–Crippen MR) is 218 cm³/mol. The van der Waals surface area contributed by atoms with Gasteiger partial charge in [0.15, 0.2) is 6.10 Å². The summed E-state index contributed by atoms with van der Waals surface area (Å²) in [6.07, 6.45) is 37.0. The van der Waals surface area contributed by atoms with Gasteiger partial charge in [-0.15, -0.1) is 0 Å². The SMILES string of the molecule is CCCCCCCCCCCCCCCCCCCCCC(=O)OCC(COCCC(C(=O)[O-])[N+](C)(C)C)OC(=O)CCCCCCCCCCCC. The number of unbranched alkanes of at least 4 members (excludes halogenated alkanes) is 27. The predicted octanol–water partition coefficient (Wildman–Crippen LogP) is 10.8. The number of likely N-dealkylation sites (N-methyl/N-ethyl adjacent to an activating group) is 1. The average molecular weight is 754 g/mol. The van der Waals surface area contributed by atoms with Crippen LogP contribution in [0.5, 0.6) is 0 Å². The summed E-state index contributed by atoms with van der Waals surface area (Å²) in [5.41, 5.74) is 0. The fraction of sp³-hybridized carbons (Fsp3) is 0.933. The van der Waals surface area contributed by atoms with E-state index in [2.05, 4.69) is 13.8 Å². The van der Waals surface area contributed by atoms with E-state index in [1.165, 1.54) is 148 Å². The molecule has 314 valence electrons. The highest BCUT2D eigenvalue weighted by molar-refractivity contribution is 5.70. The first-order valence-corrected chi connectivity index (χ1v) is 22.6. The van der Waals surface area contributed by atoms with Gasteiger partial charge in [0.1, 0.15) is 12.6 Å². The van der Waals surface area contributed by atoms with Crippen LogP contribution in [0.15, 0.2) is 0 Å². The summed E-state index contributed by atoms with van der Waals surface area (Å²) in [4.78, 5) is 36.8. The van der Waals surface area contributed by atoms with Crippen molar-refractivity contribution >= 4 is 17.9 Å². The van der Waals surface area contributed by atoms with E-state index in [0.717, 1.165) is 38.5 Å². The number of nitrogens with zero attached hydrogens (tertiary/aromatic N) is 1. The number of hydrogen-bond donors (Lipinski definition) is 0. The van der Waals surface area contributed by atoms with Crippen molar-refractivity contribution in [3.05, 3.63) is 0 Å². The molecular weight excluding hydrogens is 666 g/mol. The third-order valence-electron chi connectivity index (χ3n) is 10.5. The zero-order valence-corrected chi connectivity index (χ0v) is 35.7. The third kappa shape index (κ3) is 35.8. The summed E-state index contributed by atoms with van der Waals surface area (Å²) in [6.45, 7) is 4.68. The lowest BCUT2D eigenvalue weighted by Gasteiger charge is -2.34. The first kappa shape index (κ1) is 51.3. The molecule has 0 spiro atoms. The molecule has 0 amide bonds. The molecule has 0 radical (unpaired) electrons. The molecule has 8 nitrogen and oxygen atoms in total. The van der Waals surface area contributed by atoms with E-state index in [9.17, 15) is 19.5 Å². The topological polar surface area (TPSA) is 102 Å². The molecule has 0 saturated carbocycles. The fourth-order valence-corrected chi connectivity index (χ4v) is 6.95. The van der Waals surface area contributed by atoms with Crippen molar-refractivity contribution < 1.29 is 38.2 Å². The van der Waals surface area contributed by atoms with E-state index in [4.69, 9.17) is 14.2 Å². The molecule has 0 heterocycles. The molecule has 0 rings (SSSR count). The molecule has 0 fully saturated rings. The lowest BCUT2D eigenvalue weighted by Crippen LogP contribution is -2.55. The van der Waals surface area contributed by atoms with Crippen LogP contribution in [0.3, 0.4) is 0 Å². The van der Waals surface area contributed by atoms with Crippen LogP contribution < -0.4 is 5.11 Å². The van der Waals surface area contributed by atoms with Crippen molar-refractivity contribution in [3.63, 3.8) is 0 Å². The van der Waals surface area contributed by atoms with Crippen molar-refractivity contribution in [2.24, 2.45) is 0 Å². The van der Waals surface area contributed by atoms with E-state index >= 15 is 0 Å². The molecule has 0 aliphatic carbocycles. The van der Waals surface area contributed by atoms with Crippen LogP contribution in [0, 0.1) is 0 Å². The molecule has 0 aromatic carbocycles. The number of carbonyl (C=O) groups is 3. The Morgan fingerprint density at radius 3 is 1.17 bits per heavy atom. The van der Waals surface area contributed by atoms with E-state index < -0.39 is 18.1 Å². The zero-order chi connectivity index (χ0) is 39.3. The largest absolute Gasteiger partial charge is 0.544 e. The van der Waals surface area contributed by atoms with Crippen LogP contribution in [-0.2, 0) is 28.6 Å². The molecule has 0 aliphatic rings. The van der Waals surface area contributed by atoms with E-state index in [1.54, 1.807) is 21.1 Å². The van der Waals surface area contributed by atoms with Crippen molar-refractivity contribution in [2.75, 3.05) is 41.0 Å². The third-order valence-corrected chi connectivity index (χ3v) is 10.5. The van der Waals surface area contributed by atoms with Gasteiger partial charge in [-0.3, -0.25) is 9.59 Å². The van der Waals surface area contributed by atoms with E-state index in [1.807, 2.05) is 0 Å². The molecular formula is C45H87NO7. The second-order valence-electron chi connectivity index (χ2n) is 16.7. The van der Waals surface area contributed by atoms with Gasteiger partial charge in [0.25, 0.3) is 0 Å². The maximum Gasteiger partial charge on any atom is 0.306 e. The molecule has 0 N–H and O–H groups in total. The Labute approximate surface area is 327 Å². The van der Waals surface area contributed by atoms with Crippen LogP contribution >= 0.6 is 0 Å². The summed E-state index contributed by atoms with van der Waals surface area (Å²) in [7, 11) is 5.41. The molecule has 2 unspecified atom stereocenters. The fourth-order valence-electron chi connectivity index (χ4n) is 6.95. The lowest BCUT2D eigenvalue weighted by molar-refractivity contribution is -0.889. The van der Waals surface area contributed by atoms with Gasteiger partial charge in [0.05, 0.1) is 40.3 Å². The Morgan fingerprint density at radius 1 is 0.491 bits per heavy atom. The van der Waals surface area contributed by atoms with Crippen molar-refractivity contribution in [1.29, 1.82) is 0 Å². The van der Waals surface area contributed by atoms with Gasteiger partial charge in [-0.25, -0.2) is 0 Å². The van der Waals surface area contributed by atoms with Crippen molar-refractivity contribution in [3.8, 4) is 0 Å². The minimum Gasteiger partial charge on any atom is -0.544 e. The number of quaternary nitrogens is 1. The molecule has 0 aliphatic heterocycles. The van der Waals surface area contributed by atoms with Crippen LogP contribution in [-0.4, -0.2) is 75.5 Å². The van der Waals surface area contributed by atoms with Gasteiger partial charge in [-0.05, 0) is 12.8 Å². The standard InChI is InChI=1S/C45H87NO7/c1-6-8-10-12-14-16-18-19-20-21-22-23-24-25-26-28-29-31-33-35-43(47)52-40-41(39-51-38-37-42(45(49)50)46(3,4)5)53-44(48)36-34-32-30-27-17-15-13-11-9-7-2/h41-42H,6-40H2,1-5H3. The van der Waals surface area contributed by atoms with E-state index in [-0.39, 0.29) is 42.7 Å². The quantitative estimate of drug-likeness (QED) is 0.0348. The highest BCUT2D eigenvalue weighted by Crippen LogP contribution is 2.16. The molecule has 8 heteroatoms. The van der Waals surface area contributed by atoms with Gasteiger partial charge in [0, 0.05) is 19.3 Å². The first-order valence-electron chi connectivity index (χ1n) is 22.6. The average Bonchev–Trinajstić information content (AvgIpc) is 3.11. The van der Waals surface area contributed by atoms with Crippen LogP contribution in [0.2, 0.25) is 0 Å². The summed E-state index contributed by atoms with van der Waals surface area (Å²) < 4.78 is 17.2. The Kier molecular flexibility index (Phi) is 36.1. The molecule has 0 saturated heterocycles. The Hall–Kier alpha value is -1.67. The summed E-state index contributed by atoms with van der Waals surface area (Å²) in [6, 6.07) is -0.718. The second-order valence-corrected chi connectivity index (χ2v) is 16.7. The smallest absolute Gasteiger partial charge is 0.306 e. The number of aliphatic carboxylic acids is 1. The number of rotatable bonds is 41. The number of carbonyl (C=O) groups excluding carboxylic acids is 3. The molecule has 0 bridgehead atoms. The van der Waals surface area contributed by atoms with Gasteiger partial charge in [-0.2, -0.15) is 0 Å². The number of carboxylic acid groups (broad SMARTS) is 1. The van der Waals surface area contributed by atoms with Crippen molar-refractivity contribution in [2.45, 2.75) is 231 Å². The Morgan fingerprint density at radius 2 is 0.830 bits per heavy atom. The lowest BCUT2D eigenvalue weighted by atomic mass is 10.0. The van der Waals surface area contributed by atoms with Crippen LogP contribution in [0.25, 0.3) is 0 Å².